The van der Waals surface area contributed by atoms with Gasteiger partial charge in [-0.1, -0.05) is 26.8 Å². The van der Waals surface area contributed by atoms with Crippen molar-refractivity contribution in [3.8, 4) is 0 Å². The molecule has 1 N–H and O–H groups in total. The molecule has 2 rings (SSSR count). The number of aromatic nitrogens is 1. The topological polar surface area (TPSA) is 15.8 Å². The van der Waals surface area contributed by atoms with Crippen LogP contribution in [0.4, 0.5) is 4.39 Å². The molecule has 0 aliphatic heterocycles. The summed E-state index contributed by atoms with van der Waals surface area (Å²) in [5, 5.41) is 0.736. The van der Waals surface area contributed by atoms with E-state index in [0.29, 0.717) is 0 Å². The smallest absolute Gasteiger partial charge is 0.132 e. The highest BCUT2D eigenvalue weighted by molar-refractivity contribution is 5.83. The van der Waals surface area contributed by atoms with Gasteiger partial charge in [-0.3, -0.25) is 0 Å². The maximum absolute atomic E-state index is 13.2. The number of rotatable bonds is 1. The van der Waals surface area contributed by atoms with Crippen LogP contribution >= 0.6 is 0 Å². The van der Waals surface area contributed by atoms with E-state index in [1.807, 2.05) is 33.0 Å². The minimum Gasteiger partial charge on any atom is -0.361 e. The third kappa shape index (κ3) is 1.79. The maximum Gasteiger partial charge on any atom is 0.132 e. The van der Waals surface area contributed by atoms with Gasteiger partial charge in [0.05, 0.1) is 0 Å². The molecule has 0 fully saturated rings. The van der Waals surface area contributed by atoms with Crippen LogP contribution in [0.25, 0.3) is 10.9 Å². The normalized spacial score (nSPS) is 9.71. The van der Waals surface area contributed by atoms with Crippen molar-refractivity contribution in [3.63, 3.8) is 0 Å². The summed E-state index contributed by atoms with van der Waals surface area (Å²) in [7, 11) is 0. The molecule has 0 aliphatic carbocycles. The number of benzene rings is 1. The Bertz CT molecular complexity index is 404. The fraction of sp³-hybridized carbons (Fsp3) is 0.333. The largest absolute Gasteiger partial charge is 0.361 e. The van der Waals surface area contributed by atoms with Crippen molar-refractivity contribution >= 4 is 10.9 Å². The number of hydrogen-bond acceptors (Lipinski definition) is 0. The monoisotopic (exact) mass is 193 g/mol. The summed E-state index contributed by atoms with van der Waals surface area (Å²) < 4.78 is 13.2. The Labute approximate surface area is 84.0 Å². The van der Waals surface area contributed by atoms with E-state index >= 15 is 0 Å². The van der Waals surface area contributed by atoms with Gasteiger partial charge in [0.1, 0.15) is 5.82 Å². The van der Waals surface area contributed by atoms with Gasteiger partial charge in [0.15, 0.2) is 0 Å². The Morgan fingerprint density at radius 1 is 1.29 bits per heavy atom. The quantitative estimate of drug-likeness (QED) is 0.707. The molecule has 1 aromatic carbocycles. The molecule has 0 atom stereocenters. The molecule has 14 heavy (non-hydrogen) atoms. The lowest BCUT2D eigenvalue weighted by atomic mass is 10.1. The van der Waals surface area contributed by atoms with E-state index in [1.165, 1.54) is 6.07 Å². The number of fused-ring (bicyclic) bond motifs is 1. The zero-order chi connectivity index (χ0) is 10.6. The number of nitrogens with one attached hydrogen (secondary N) is 1. The van der Waals surface area contributed by atoms with Crippen LogP contribution in [0.1, 0.15) is 26.3 Å². The minimum absolute atomic E-state index is 0.134. The van der Waals surface area contributed by atoms with Gasteiger partial charge in [0.25, 0.3) is 0 Å². The van der Waals surface area contributed by atoms with Crippen LogP contribution in [0.15, 0.2) is 24.4 Å². The van der Waals surface area contributed by atoms with Gasteiger partial charge in [-0.05, 0) is 24.1 Å². The van der Waals surface area contributed by atoms with E-state index < -0.39 is 0 Å². The molecule has 0 spiro atoms. The molecule has 1 aromatic heterocycles. The van der Waals surface area contributed by atoms with Crippen molar-refractivity contribution in [2.75, 3.05) is 0 Å². The molecule has 76 valence electrons. The maximum atomic E-state index is 13.2. The van der Waals surface area contributed by atoms with E-state index in [0.717, 1.165) is 22.9 Å². The van der Waals surface area contributed by atoms with Crippen LogP contribution in [0.3, 0.4) is 0 Å². The van der Waals surface area contributed by atoms with Crippen LogP contribution in [0.5, 0.6) is 0 Å². The van der Waals surface area contributed by atoms with Crippen molar-refractivity contribution in [1.29, 1.82) is 0 Å². The molecular weight excluding hydrogens is 177 g/mol. The van der Waals surface area contributed by atoms with Crippen LogP contribution in [-0.2, 0) is 6.42 Å². The first-order valence-corrected chi connectivity index (χ1v) is 5.07. The predicted molar refractivity (Wildman–Crippen MR) is 59.0 cm³/mol. The molecule has 0 amide bonds. The SMILES string of the molecule is CC.CCc1c[nH]c2cccc(F)c12. The average Bonchev–Trinajstić information content (AvgIpc) is 2.65. The molecule has 2 aromatic rings. The molecule has 1 heterocycles. The Kier molecular flexibility index (Phi) is 3.69. The lowest BCUT2D eigenvalue weighted by Crippen LogP contribution is -1.79. The van der Waals surface area contributed by atoms with Crippen molar-refractivity contribution < 1.29 is 4.39 Å². The molecule has 0 bridgehead atoms. The van der Waals surface area contributed by atoms with Crippen LogP contribution < -0.4 is 0 Å². The number of aromatic amines is 1. The first kappa shape index (κ1) is 10.8. The molecule has 0 saturated heterocycles. The van der Waals surface area contributed by atoms with Gasteiger partial charge >= 0.3 is 0 Å². The number of hydrogen-bond donors (Lipinski definition) is 1. The zero-order valence-corrected chi connectivity index (χ0v) is 8.89. The lowest BCUT2D eigenvalue weighted by molar-refractivity contribution is 0.639. The standard InChI is InChI=1S/C10H10FN.C2H6/c1-2-7-6-12-9-5-3-4-8(11)10(7)9;1-2/h3-6,12H,2H2,1H3;1-2H3. The van der Waals surface area contributed by atoms with Gasteiger partial charge in [-0.2, -0.15) is 0 Å². The molecule has 2 heteroatoms. The van der Waals surface area contributed by atoms with E-state index in [9.17, 15) is 4.39 Å². The molecule has 0 aliphatic rings. The zero-order valence-electron chi connectivity index (χ0n) is 8.89. The van der Waals surface area contributed by atoms with Gasteiger partial charge in [0.2, 0.25) is 0 Å². The van der Waals surface area contributed by atoms with E-state index in [-0.39, 0.29) is 5.82 Å². The van der Waals surface area contributed by atoms with Gasteiger partial charge < -0.3 is 4.98 Å². The van der Waals surface area contributed by atoms with Gasteiger partial charge in [-0.25, -0.2) is 4.39 Å². The number of halogens is 1. The summed E-state index contributed by atoms with van der Waals surface area (Å²) in [6.07, 6.45) is 2.73. The highest BCUT2D eigenvalue weighted by Gasteiger charge is 2.05. The molecular formula is C12H16FN. The van der Waals surface area contributed by atoms with Crippen molar-refractivity contribution in [2.24, 2.45) is 0 Å². The summed E-state index contributed by atoms with van der Waals surface area (Å²) in [5.74, 6) is -0.134. The Morgan fingerprint density at radius 2 is 2.00 bits per heavy atom. The molecule has 1 nitrogen and oxygen atoms in total. The Hall–Kier alpha value is -1.31. The second kappa shape index (κ2) is 4.80. The molecule has 0 radical (unpaired) electrons. The number of H-pyrrole nitrogens is 1. The highest BCUT2D eigenvalue weighted by Crippen LogP contribution is 2.21. The fourth-order valence-corrected chi connectivity index (χ4v) is 1.49. The van der Waals surface area contributed by atoms with E-state index in [4.69, 9.17) is 0 Å². The second-order valence-corrected chi connectivity index (χ2v) is 2.83. The van der Waals surface area contributed by atoms with E-state index in [2.05, 4.69) is 4.98 Å². The Morgan fingerprint density at radius 3 is 2.64 bits per heavy atom. The molecule has 0 unspecified atom stereocenters. The average molecular weight is 193 g/mol. The first-order chi connectivity index (χ1) is 6.83. The number of aryl methyl sites for hydroxylation is 1. The predicted octanol–water partition coefficient (Wildman–Crippen LogP) is 3.90. The van der Waals surface area contributed by atoms with Gasteiger partial charge in [0, 0.05) is 17.1 Å². The summed E-state index contributed by atoms with van der Waals surface area (Å²) in [6, 6.07) is 5.10. The molecule has 0 saturated carbocycles. The Balaban J connectivity index is 0.000000461. The summed E-state index contributed by atoms with van der Waals surface area (Å²) in [5.41, 5.74) is 1.93. The summed E-state index contributed by atoms with van der Waals surface area (Å²) in [4.78, 5) is 3.04. The van der Waals surface area contributed by atoms with Crippen LogP contribution in [-0.4, -0.2) is 4.98 Å². The van der Waals surface area contributed by atoms with Crippen LogP contribution in [0.2, 0.25) is 0 Å². The van der Waals surface area contributed by atoms with Crippen molar-refractivity contribution in [3.05, 3.63) is 35.8 Å². The third-order valence-corrected chi connectivity index (χ3v) is 2.12. The highest BCUT2D eigenvalue weighted by atomic mass is 19.1. The van der Waals surface area contributed by atoms with Crippen LogP contribution in [0, 0.1) is 5.82 Å². The second-order valence-electron chi connectivity index (χ2n) is 2.83. The van der Waals surface area contributed by atoms with Crippen molar-refractivity contribution in [1.82, 2.24) is 4.98 Å². The summed E-state index contributed by atoms with van der Waals surface area (Å²) >= 11 is 0. The van der Waals surface area contributed by atoms with Gasteiger partial charge in [-0.15, -0.1) is 0 Å². The first-order valence-electron chi connectivity index (χ1n) is 5.07. The third-order valence-electron chi connectivity index (χ3n) is 2.12. The minimum atomic E-state index is -0.134. The lowest BCUT2D eigenvalue weighted by Gasteiger charge is -1.94. The fourth-order valence-electron chi connectivity index (χ4n) is 1.49. The van der Waals surface area contributed by atoms with E-state index in [1.54, 1.807) is 6.07 Å². The summed E-state index contributed by atoms with van der Waals surface area (Å²) in [6.45, 7) is 6.02. The van der Waals surface area contributed by atoms with Crippen molar-refractivity contribution in [2.45, 2.75) is 27.2 Å².